The Balaban J connectivity index is 2.20. The van der Waals surface area contributed by atoms with Crippen LogP contribution in [0.15, 0.2) is 34.1 Å². The molecule has 0 amide bonds. The molecule has 0 aliphatic carbocycles. The first-order valence-corrected chi connectivity index (χ1v) is 8.11. The smallest absolute Gasteiger partial charge is 0.175 e. The summed E-state index contributed by atoms with van der Waals surface area (Å²) in [6.07, 6.45) is 0. The monoisotopic (exact) mass is 390 g/mol. The van der Waals surface area contributed by atoms with Gasteiger partial charge in [-0.3, -0.25) is 0 Å². The fourth-order valence-electron chi connectivity index (χ4n) is 1.53. The SMILES string of the molecule is COc1cc(CBr)cc(Br)c1OCc1cccs1. The lowest BCUT2D eigenvalue weighted by Gasteiger charge is -2.13. The van der Waals surface area contributed by atoms with Crippen molar-refractivity contribution in [3.8, 4) is 11.5 Å². The fourth-order valence-corrected chi connectivity index (χ4v) is 3.07. The summed E-state index contributed by atoms with van der Waals surface area (Å²) in [7, 11) is 1.65. The van der Waals surface area contributed by atoms with Crippen LogP contribution < -0.4 is 9.47 Å². The second-order valence-corrected chi connectivity index (χ2v) is 6.06. The lowest BCUT2D eigenvalue weighted by Crippen LogP contribution is -1.98. The molecule has 18 heavy (non-hydrogen) atoms. The molecule has 0 atom stereocenters. The molecule has 0 saturated heterocycles. The molecule has 1 heterocycles. The Morgan fingerprint density at radius 2 is 2.17 bits per heavy atom. The van der Waals surface area contributed by atoms with E-state index in [1.807, 2.05) is 23.6 Å². The number of methoxy groups -OCH3 is 1. The van der Waals surface area contributed by atoms with Crippen LogP contribution >= 0.6 is 43.2 Å². The quantitative estimate of drug-likeness (QED) is 0.668. The normalized spacial score (nSPS) is 10.4. The first-order valence-electron chi connectivity index (χ1n) is 5.32. The molecule has 0 bridgehead atoms. The Morgan fingerprint density at radius 1 is 1.33 bits per heavy atom. The summed E-state index contributed by atoms with van der Waals surface area (Å²) in [5, 5.41) is 2.83. The molecule has 96 valence electrons. The number of ether oxygens (including phenoxy) is 2. The number of benzene rings is 1. The maximum Gasteiger partial charge on any atom is 0.175 e. The molecular formula is C13H12Br2O2S. The molecule has 5 heteroatoms. The van der Waals surface area contributed by atoms with Gasteiger partial charge in [0.15, 0.2) is 11.5 Å². The van der Waals surface area contributed by atoms with E-state index in [4.69, 9.17) is 9.47 Å². The highest BCUT2D eigenvalue weighted by Crippen LogP contribution is 2.37. The van der Waals surface area contributed by atoms with Gasteiger partial charge in [-0.2, -0.15) is 0 Å². The summed E-state index contributed by atoms with van der Waals surface area (Å²) >= 11 is 8.64. The number of hydrogen-bond acceptors (Lipinski definition) is 3. The summed E-state index contributed by atoms with van der Waals surface area (Å²) in [6, 6.07) is 8.08. The molecule has 0 fully saturated rings. The van der Waals surface area contributed by atoms with E-state index in [1.54, 1.807) is 18.4 Å². The van der Waals surface area contributed by atoms with Gasteiger partial charge in [0.2, 0.25) is 0 Å². The molecule has 0 radical (unpaired) electrons. The van der Waals surface area contributed by atoms with Crippen molar-refractivity contribution in [1.82, 2.24) is 0 Å². The van der Waals surface area contributed by atoms with Crippen LogP contribution in [0.1, 0.15) is 10.4 Å². The zero-order valence-electron chi connectivity index (χ0n) is 9.78. The second kappa shape index (κ2) is 6.59. The van der Waals surface area contributed by atoms with E-state index in [0.717, 1.165) is 26.9 Å². The van der Waals surface area contributed by atoms with Gasteiger partial charge in [-0.25, -0.2) is 0 Å². The minimum Gasteiger partial charge on any atom is -0.493 e. The molecule has 2 aromatic rings. The molecule has 2 nitrogen and oxygen atoms in total. The van der Waals surface area contributed by atoms with Gasteiger partial charge in [-0.1, -0.05) is 22.0 Å². The van der Waals surface area contributed by atoms with Gasteiger partial charge >= 0.3 is 0 Å². The average molecular weight is 392 g/mol. The topological polar surface area (TPSA) is 18.5 Å². The standard InChI is InChI=1S/C13H12Br2O2S/c1-16-12-6-9(7-14)5-11(15)13(12)17-8-10-3-2-4-18-10/h2-6H,7-8H2,1H3. The third kappa shape index (κ3) is 3.28. The van der Waals surface area contributed by atoms with Crippen LogP contribution in [0.4, 0.5) is 0 Å². The van der Waals surface area contributed by atoms with Crippen molar-refractivity contribution in [3.05, 3.63) is 44.6 Å². The number of alkyl halides is 1. The van der Waals surface area contributed by atoms with E-state index in [-0.39, 0.29) is 0 Å². The molecule has 0 aliphatic heterocycles. The first kappa shape index (κ1) is 13.9. The summed E-state index contributed by atoms with van der Waals surface area (Å²) < 4.78 is 12.1. The van der Waals surface area contributed by atoms with E-state index >= 15 is 0 Å². The summed E-state index contributed by atoms with van der Waals surface area (Å²) in [5.41, 5.74) is 1.14. The van der Waals surface area contributed by atoms with Gasteiger partial charge in [0.05, 0.1) is 11.6 Å². The Kier molecular flexibility index (Phi) is 5.09. The largest absolute Gasteiger partial charge is 0.493 e. The number of thiophene rings is 1. The van der Waals surface area contributed by atoms with Crippen LogP contribution in [-0.4, -0.2) is 7.11 Å². The van der Waals surface area contributed by atoms with E-state index in [2.05, 4.69) is 37.9 Å². The van der Waals surface area contributed by atoms with E-state index in [9.17, 15) is 0 Å². The van der Waals surface area contributed by atoms with Crippen molar-refractivity contribution in [3.63, 3.8) is 0 Å². The van der Waals surface area contributed by atoms with Crippen molar-refractivity contribution in [2.24, 2.45) is 0 Å². The van der Waals surface area contributed by atoms with Gasteiger partial charge in [0.1, 0.15) is 6.61 Å². The van der Waals surface area contributed by atoms with Crippen molar-refractivity contribution < 1.29 is 9.47 Å². The second-order valence-electron chi connectivity index (χ2n) is 3.61. The number of halogens is 2. The predicted octanol–water partition coefficient (Wildman–Crippen LogP) is 4.99. The zero-order chi connectivity index (χ0) is 13.0. The van der Waals surface area contributed by atoms with Crippen LogP contribution in [-0.2, 0) is 11.9 Å². The maximum atomic E-state index is 5.83. The Morgan fingerprint density at radius 3 is 2.78 bits per heavy atom. The average Bonchev–Trinajstić information content (AvgIpc) is 2.89. The fraction of sp³-hybridized carbons (Fsp3) is 0.231. The number of rotatable bonds is 5. The van der Waals surface area contributed by atoms with Crippen LogP contribution in [0.25, 0.3) is 0 Å². The van der Waals surface area contributed by atoms with Crippen LogP contribution in [0.2, 0.25) is 0 Å². The minimum atomic E-state index is 0.556. The van der Waals surface area contributed by atoms with E-state index < -0.39 is 0 Å². The van der Waals surface area contributed by atoms with Crippen LogP contribution in [0, 0.1) is 0 Å². The third-order valence-electron chi connectivity index (χ3n) is 2.38. The summed E-state index contributed by atoms with van der Waals surface area (Å²) in [4.78, 5) is 1.19. The Labute approximate surface area is 127 Å². The highest BCUT2D eigenvalue weighted by Gasteiger charge is 2.11. The number of hydrogen-bond donors (Lipinski definition) is 0. The summed E-state index contributed by atoms with van der Waals surface area (Å²) in [5.74, 6) is 1.49. The molecule has 2 rings (SSSR count). The van der Waals surface area contributed by atoms with E-state index in [1.165, 1.54) is 4.88 Å². The van der Waals surface area contributed by atoms with Gasteiger partial charge < -0.3 is 9.47 Å². The Hall–Kier alpha value is -0.520. The molecular weight excluding hydrogens is 380 g/mol. The predicted molar refractivity (Wildman–Crippen MR) is 82.0 cm³/mol. The van der Waals surface area contributed by atoms with Crippen molar-refractivity contribution >= 4 is 43.2 Å². The minimum absolute atomic E-state index is 0.556. The van der Waals surface area contributed by atoms with Crippen molar-refractivity contribution in [1.29, 1.82) is 0 Å². The molecule has 1 aromatic heterocycles. The summed E-state index contributed by atoms with van der Waals surface area (Å²) in [6.45, 7) is 0.556. The molecule has 0 aliphatic rings. The lowest BCUT2D eigenvalue weighted by atomic mass is 10.2. The van der Waals surface area contributed by atoms with Crippen molar-refractivity contribution in [2.45, 2.75) is 11.9 Å². The highest BCUT2D eigenvalue weighted by molar-refractivity contribution is 9.10. The first-order chi connectivity index (χ1) is 8.74. The Bertz CT molecular complexity index is 512. The highest BCUT2D eigenvalue weighted by atomic mass is 79.9. The van der Waals surface area contributed by atoms with E-state index in [0.29, 0.717) is 6.61 Å². The van der Waals surface area contributed by atoms with Crippen LogP contribution in [0.5, 0.6) is 11.5 Å². The zero-order valence-corrected chi connectivity index (χ0v) is 13.8. The molecule has 0 unspecified atom stereocenters. The van der Waals surface area contributed by atoms with Gasteiger partial charge in [0.25, 0.3) is 0 Å². The van der Waals surface area contributed by atoms with Gasteiger partial charge in [-0.05, 0) is 45.1 Å². The van der Waals surface area contributed by atoms with Gasteiger partial charge in [-0.15, -0.1) is 11.3 Å². The third-order valence-corrected chi connectivity index (χ3v) is 4.47. The van der Waals surface area contributed by atoms with Crippen LogP contribution in [0.3, 0.4) is 0 Å². The molecule has 1 aromatic carbocycles. The molecule has 0 spiro atoms. The van der Waals surface area contributed by atoms with Gasteiger partial charge in [0, 0.05) is 10.2 Å². The lowest BCUT2D eigenvalue weighted by molar-refractivity contribution is 0.285. The maximum absolute atomic E-state index is 5.83. The molecule has 0 N–H and O–H groups in total. The molecule has 0 saturated carbocycles. The van der Waals surface area contributed by atoms with Crippen molar-refractivity contribution in [2.75, 3.05) is 7.11 Å².